The maximum atomic E-state index is 11.9. The molecule has 0 radical (unpaired) electrons. The van der Waals surface area contributed by atoms with Gasteiger partial charge in [-0.2, -0.15) is 0 Å². The number of hydrogen-bond acceptors (Lipinski definition) is 1. The van der Waals surface area contributed by atoms with E-state index in [4.69, 9.17) is 23.2 Å². The van der Waals surface area contributed by atoms with Gasteiger partial charge in [-0.1, -0.05) is 18.5 Å². The van der Waals surface area contributed by atoms with E-state index in [-0.39, 0.29) is 11.9 Å². The first-order valence-electron chi connectivity index (χ1n) is 4.90. The van der Waals surface area contributed by atoms with E-state index >= 15 is 0 Å². The number of halogens is 3. The molecule has 0 fully saturated rings. The van der Waals surface area contributed by atoms with E-state index in [1.165, 1.54) is 0 Å². The molecule has 0 aromatic heterocycles. The maximum Gasteiger partial charge on any atom is 0.252 e. The minimum Gasteiger partial charge on any atom is -0.348 e. The van der Waals surface area contributed by atoms with Crippen LogP contribution in [0.2, 0.25) is 5.02 Å². The molecule has 0 saturated carbocycles. The molecule has 1 amide bonds. The molecule has 1 unspecified atom stereocenters. The Bertz CT molecular complexity index is 380. The van der Waals surface area contributed by atoms with Gasteiger partial charge in [-0.15, -0.1) is 11.6 Å². The minimum absolute atomic E-state index is 0.00366. The summed E-state index contributed by atoms with van der Waals surface area (Å²) in [5, 5.41) is 3.43. The molecule has 0 aliphatic heterocycles. The van der Waals surface area contributed by atoms with Crippen LogP contribution in [0.15, 0.2) is 18.2 Å². The number of carbonyl (C=O) groups excluding carboxylic acids is 1. The van der Waals surface area contributed by atoms with E-state index in [2.05, 4.69) is 27.9 Å². The van der Waals surface area contributed by atoms with Crippen molar-refractivity contribution in [1.29, 1.82) is 0 Å². The quantitative estimate of drug-likeness (QED) is 0.634. The second-order valence-corrected chi connectivity index (χ2v) is 5.26. The van der Waals surface area contributed by atoms with Gasteiger partial charge in [0.2, 0.25) is 0 Å². The van der Waals surface area contributed by atoms with Gasteiger partial charge in [-0.3, -0.25) is 4.79 Å². The smallest absolute Gasteiger partial charge is 0.252 e. The zero-order chi connectivity index (χ0) is 12.1. The SMILES string of the molecule is CCC(CCl)NC(=O)c1cc(Cl)ccc1I. The summed E-state index contributed by atoms with van der Waals surface area (Å²) in [7, 11) is 0. The first-order chi connectivity index (χ1) is 7.58. The molecule has 0 aliphatic rings. The Hall–Kier alpha value is -0.000000000000000111. The van der Waals surface area contributed by atoms with Gasteiger partial charge in [0, 0.05) is 20.5 Å². The zero-order valence-electron chi connectivity index (χ0n) is 8.77. The molecule has 0 heterocycles. The molecular formula is C11H12Cl2INO. The molecule has 1 atom stereocenters. The van der Waals surface area contributed by atoms with Crippen LogP contribution in [0.5, 0.6) is 0 Å². The van der Waals surface area contributed by atoms with Gasteiger partial charge >= 0.3 is 0 Å². The lowest BCUT2D eigenvalue weighted by Gasteiger charge is -2.14. The molecule has 5 heteroatoms. The van der Waals surface area contributed by atoms with Crippen molar-refractivity contribution >= 4 is 51.7 Å². The van der Waals surface area contributed by atoms with Crippen LogP contribution in [0.25, 0.3) is 0 Å². The van der Waals surface area contributed by atoms with E-state index in [1.54, 1.807) is 12.1 Å². The summed E-state index contributed by atoms with van der Waals surface area (Å²) in [5.74, 6) is 0.291. The monoisotopic (exact) mass is 371 g/mol. The van der Waals surface area contributed by atoms with Crippen molar-refractivity contribution in [2.45, 2.75) is 19.4 Å². The van der Waals surface area contributed by atoms with Gasteiger partial charge in [0.15, 0.2) is 0 Å². The number of rotatable bonds is 4. The number of hydrogen-bond donors (Lipinski definition) is 1. The zero-order valence-corrected chi connectivity index (χ0v) is 12.4. The van der Waals surface area contributed by atoms with E-state index in [9.17, 15) is 4.79 Å². The summed E-state index contributed by atoms with van der Waals surface area (Å²) < 4.78 is 0.879. The topological polar surface area (TPSA) is 29.1 Å². The third-order valence-electron chi connectivity index (χ3n) is 2.19. The van der Waals surface area contributed by atoms with Gasteiger partial charge in [0.1, 0.15) is 0 Å². The molecule has 0 saturated heterocycles. The summed E-state index contributed by atoms with van der Waals surface area (Å²) in [6.45, 7) is 1.98. The van der Waals surface area contributed by atoms with E-state index < -0.39 is 0 Å². The van der Waals surface area contributed by atoms with Gasteiger partial charge < -0.3 is 5.32 Å². The normalized spacial score (nSPS) is 12.2. The largest absolute Gasteiger partial charge is 0.348 e. The van der Waals surface area contributed by atoms with Crippen LogP contribution in [0.1, 0.15) is 23.7 Å². The average molecular weight is 372 g/mol. The van der Waals surface area contributed by atoms with Crippen LogP contribution in [-0.2, 0) is 0 Å². The number of nitrogens with one attached hydrogen (secondary N) is 1. The van der Waals surface area contributed by atoms with Crippen molar-refractivity contribution in [1.82, 2.24) is 5.32 Å². The summed E-state index contributed by atoms with van der Waals surface area (Å²) in [6.07, 6.45) is 0.812. The Morgan fingerprint density at radius 2 is 2.25 bits per heavy atom. The lowest BCUT2D eigenvalue weighted by Crippen LogP contribution is -2.36. The molecule has 2 nitrogen and oxygen atoms in total. The Labute approximate surface area is 119 Å². The maximum absolute atomic E-state index is 11.9. The number of carbonyl (C=O) groups is 1. The van der Waals surface area contributed by atoms with Crippen LogP contribution in [0.4, 0.5) is 0 Å². The van der Waals surface area contributed by atoms with Gasteiger partial charge in [0.05, 0.1) is 5.56 Å². The highest BCUT2D eigenvalue weighted by molar-refractivity contribution is 14.1. The number of benzene rings is 1. The second-order valence-electron chi connectivity index (χ2n) is 3.36. The molecule has 0 aliphatic carbocycles. The average Bonchev–Trinajstić information content (AvgIpc) is 2.28. The Morgan fingerprint density at radius 3 is 2.81 bits per heavy atom. The third-order valence-corrected chi connectivity index (χ3v) is 3.74. The second kappa shape index (κ2) is 6.67. The molecule has 0 spiro atoms. The highest BCUT2D eigenvalue weighted by Gasteiger charge is 2.14. The van der Waals surface area contributed by atoms with Gasteiger partial charge in [-0.25, -0.2) is 0 Å². The fraction of sp³-hybridized carbons (Fsp3) is 0.364. The third kappa shape index (κ3) is 3.79. The van der Waals surface area contributed by atoms with Crippen LogP contribution in [0.3, 0.4) is 0 Å². The van der Waals surface area contributed by atoms with E-state index in [0.717, 1.165) is 9.99 Å². The van der Waals surface area contributed by atoms with Gasteiger partial charge in [-0.05, 0) is 47.2 Å². The first-order valence-corrected chi connectivity index (χ1v) is 6.89. The fourth-order valence-corrected chi connectivity index (χ4v) is 2.23. The standard InChI is InChI=1S/C11H12Cl2INO/c1-2-8(6-12)15-11(16)9-5-7(13)3-4-10(9)14/h3-5,8H,2,6H2,1H3,(H,15,16). The molecule has 1 rings (SSSR count). The summed E-state index contributed by atoms with van der Waals surface area (Å²) >= 11 is 13.7. The van der Waals surface area contributed by atoms with E-state index in [0.29, 0.717) is 16.5 Å². The molecule has 0 bridgehead atoms. The molecule has 1 aromatic rings. The first kappa shape index (κ1) is 14.1. The number of amides is 1. The van der Waals surface area contributed by atoms with Crippen LogP contribution >= 0.6 is 45.8 Å². The summed E-state index contributed by atoms with van der Waals surface area (Å²) in [6, 6.07) is 5.25. The molecule has 16 heavy (non-hydrogen) atoms. The van der Waals surface area contributed by atoms with Gasteiger partial charge in [0.25, 0.3) is 5.91 Å². The van der Waals surface area contributed by atoms with Crippen molar-refractivity contribution < 1.29 is 4.79 Å². The van der Waals surface area contributed by atoms with Crippen LogP contribution < -0.4 is 5.32 Å². The Morgan fingerprint density at radius 1 is 1.56 bits per heavy atom. The van der Waals surface area contributed by atoms with Crippen LogP contribution in [0, 0.1) is 3.57 Å². The minimum atomic E-state index is -0.126. The molecule has 1 aromatic carbocycles. The highest BCUT2D eigenvalue weighted by Crippen LogP contribution is 2.18. The summed E-state index contributed by atoms with van der Waals surface area (Å²) in [5.41, 5.74) is 0.594. The summed E-state index contributed by atoms with van der Waals surface area (Å²) in [4.78, 5) is 11.9. The fourth-order valence-electron chi connectivity index (χ4n) is 1.18. The van der Waals surface area contributed by atoms with E-state index in [1.807, 2.05) is 13.0 Å². The number of alkyl halides is 1. The molecule has 88 valence electrons. The predicted octanol–water partition coefficient (Wildman–Crippen LogP) is 3.69. The lowest BCUT2D eigenvalue weighted by atomic mass is 10.2. The van der Waals surface area contributed by atoms with Crippen molar-refractivity contribution in [2.24, 2.45) is 0 Å². The predicted molar refractivity (Wildman–Crippen MR) is 76.4 cm³/mol. The highest BCUT2D eigenvalue weighted by atomic mass is 127. The van der Waals surface area contributed by atoms with Crippen LogP contribution in [-0.4, -0.2) is 17.8 Å². The van der Waals surface area contributed by atoms with Crippen molar-refractivity contribution in [3.8, 4) is 0 Å². The Balaban J connectivity index is 2.83. The van der Waals surface area contributed by atoms with Crippen molar-refractivity contribution in [2.75, 3.05) is 5.88 Å². The lowest BCUT2D eigenvalue weighted by molar-refractivity contribution is 0.0939. The Kier molecular flexibility index (Phi) is 5.86. The molecule has 1 N–H and O–H groups in total. The van der Waals surface area contributed by atoms with Crippen molar-refractivity contribution in [3.63, 3.8) is 0 Å². The molecular weight excluding hydrogens is 360 g/mol. The van der Waals surface area contributed by atoms with Crippen molar-refractivity contribution in [3.05, 3.63) is 32.4 Å².